The Hall–Kier alpha value is -3.55. The van der Waals surface area contributed by atoms with Crippen LogP contribution in [0.2, 0.25) is 0 Å². The number of rotatable bonds is 8. The fourth-order valence-electron chi connectivity index (χ4n) is 2.44. The van der Waals surface area contributed by atoms with Gasteiger partial charge < -0.3 is 10.2 Å². The van der Waals surface area contributed by atoms with Crippen LogP contribution in [-0.2, 0) is 16.1 Å². The van der Waals surface area contributed by atoms with Gasteiger partial charge in [0.2, 0.25) is 11.8 Å². The molecule has 0 aliphatic carbocycles. The first-order chi connectivity index (χ1) is 13.4. The average molecular weight is 385 g/mol. The third-order valence-electron chi connectivity index (χ3n) is 3.97. The summed E-state index contributed by atoms with van der Waals surface area (Å²) in [5, 5.41) is 13.7. The first-order valence-corrected chi connectivity index (χ1v) is 8.62. The number of nitro benzene ring substituents is 1. The summed E-state index contributed by atoms with van der Waals surface area (Å²) in [5.41, 5.74) is 0.935. The molecule has 0 saturated carbocycles. The van der Waals surface area contributed by atoms with E-state index in [1.165, 1.54) is 41.3 Å². The number of benzene rings is 2. The van der Waals surface area contributed by atoms with Gasteiger partial charge in [-0.1, -0.05) is 24.3 Å². The smallest absolute Gasteiger partial charge is 0.276 e. The lowest BCUT2D eigenvalue weighted by atomic mass is 10.1. The van der Waals surface area contributed by atoms with Crippen LogP contribution in [0.5, 0.6) is 0 Å². The molecule has 0 aliphatic heterocycles. The molecular formula is C20H20FN3O4. The number of likely N-dealkylation sites (N-methyl/N-ethyl adjacent to an activating group) is 1. The van der Waals surface area contributed by atoms with E-state index in [1.807, 2.05) is 0 Å². The number of para-hydroxylation sites is 1. The molecule has 1 N–H and O–H groups in total. The lowest BCUT2D eigenvalue weighted by molar-refractivity contribution is -0.385. The van der Waals surface area contributed by atoms with Crippen LogP contribution in [0.15, 0.2) is 54.6 Å². The predicted molar refractivity (Wildman–Crippen MR) is 103 cm³/mol. The van der Waals surface area contributed by atoms with Crippen LogP contribution in [0.4, 0.5) is 10.1 Å². The fraction of sp³-hybridized carbons (Fsp3) is 0.200. The average Bonchev–Trinajstić information content (AvgIpc) is 2.69. The van der Waals surface area contributed by atoms with Crippen molar-refractivity contribution in [3.8, 4) is 0 Å². The molecule has 8 heteroatoms. The molecule has 2 rings (SSSR count). The predicted octanol–water partition coefficient (Wildman–Crippen LogP) is 2.91. The van der Waals surface area contributed by atoms with E-state index < -0.39 is 10.8 Å². The second-order valence-electron chi connectivity index (χ2n) is 5.90. The van der Waals surface area contributed by atoms with Gasteiger partial charge in [0.15, 0.2) is 0 Å². The van der Waals surface area contributed by atoms with Gasteiger partial charge in [-0.05, 0) is 36.8 Å². The van der Waals surface area contributed by atoms with Gasteiger partial charge >= 0.3 is 0 Å². The topological polar surface area (TPSA) is 92.6 Å². The fourth-order valence-corrected chi connectivity index (χ4v) is 2.44. The van der Waals surface area contributed by atoms with Crippen LogP contribution in [0.3, 0.4) is 0 Å². The van der Waals surface area contributed by atoms with Crippen molar-refractivity contribution in [1.29, 1.82) is 0 Å². The lowest BCUT2D eigenvalue weighted by Gasteiger charge is -2.18. The summed E-state index contributed by atoms with van der Waals surface area (Å²) in [6, 6.07) is 11.8. The van der Waals surface area contributed by atoms with Crippen LogP contribution in [0.25, 0.3) is 6.08 Å². The number of carbonyl (C=O) groups excluding carboxylic acids is 2. The quantitative estimate of drug-likeness (QED) is 0.430. The minimum atomic E-state index is -0.523. The van der Waals surface area contributed by atoms with Gasteiger partial charge in [0.25, 0.3) is 5.69 Å². The summed E-state index contributed by atoms with van der Waals surface area (Å²) in [6.45, 7) is 2.09. The molecule has 146 valence electrons. The Kier molecular flexibility index (Phi) is 7.38. The molecule has 2 amide bonds. The molecule has 0 unspecified atom stereocenters. The van der Waals surface area contributed by atoms with E-state index >= 15 is 0 Å². The van der Waals surface area contributed by atoms with Crippen molar-refractivity contribution in [3.63, 3.8) is 0 Å². The zero-order chi connectivity index (χ0) is 20.5. The highest BCUT2D eigenvalue weighted by molar-refractivity contribution is 5.94. The van der Waals surface area contributed by atoms with Crippen LogP contribution in [0.1, 0.15) is 18.1 Å². The number of nitrogens with zero attached hydrogens (tertiary/aromatic N) is 2. The summed E-state index contributed by atoms with van der Waals surface area (Å²) in [7, 11) is 0. The Morgan fingerprint density at radius 3 is 2.50 bits per heavy atom. The molecule has 0 atom stereocenters. The van der Waals surface area contributed by atoms with Crippen molar-refractivity contribution in [1.82, 2.24) is 10.2 Å². The molecule has 0 aliphatic rings. The van der Waals surface area contributed by atoms with E-state index in [4.69, 9.17) is 0 Å². The maximum absolute atomic E-state index is 12.9. The third kappa shape index (κ3) is 6.01. The molecule has 7 nitrogen and oxygen atoms in total. The molecule has 0 radical (unpaired) electrons. The monoisotopic (exact) mass is 385 g/mol. The van der Waals surface area contributed by atoms with E-state index in [0.717, 1.165) is 5.56 Å². The molecule has 0 fully saturated rings. The minimum Gasteiger partial charge on any atom is -0.350 e. The van der Waals surface area contributed by atoms with Crippen molar-refractivity contribution in [2.45, 2.75) is 13.5 Å². The number of hydrogen-bond donors (Lipinski definition) is 1. The van der Waals surface area contributed by atoms with Gasteiger partial charge in [0.05, 0.1) is 17.0 Å². The van der Waals surface area contributed by atoms with Crippen molar-refractivity contribution >= 4 is 23.6 Å². The Morgan fingerprint density at radius 2 is 1.86 bits per heavy atom. The van der Waals surface area contributed by atoms with Crippen molar-refractivity contribution < 1.29 is 18.9 Å². The first-order valence-electron chi connectivity index (χ1n) is 8.62. The maximum Gasteiger partial charge on any atom is 0.276 e. The molecular weight excluding hydrogens is 365 g/mol. The summed E-state index contributed by atoms with van der Waals surface area (Å²) in [6.07, 6.45) is 2.57. The second-order valence-corrected chi connectivity index (χ2v) is 5.90. The molecule has 0 bridgehead atoms. The Balaban J connectivity index is 1.94. The van der Waals surface area contributed by atoms with E-state index in [-0.39, 0.29) is 30.5 Å². The third-order valence-corrected chi connectivity index (χ3v) is 3.97. The van der Waals surface area contributed by atoms with Crippen LogP contribution < -0.4 is 5.32 Å². The number of nitro groups is 1. The van der Waals surface area contributed by atoms with Crippen LogP contribution in [0, 0.1) is 15.9 Å². The largest absolute Gasteiger partial charge is 0.350 e. The van der Waals surface area contributed by atoms with E-state index in [2.05, 4.69) is 5.32 Å². The van der Waals surface area contributed by atoms with Crippen molar-refractivity contribution in [2.75, 3.05) is 13.1 Å². The van der Waals surface area contributed by atoms with Crippen LogP contribution >= 0.6 is 0 Å². The highest BCUT2D eigenvalue weighted by atomic mass is 19.1. The molecule has 0 saturated heterocycles. The number of hydrogen-bond acceptors (Lipinski definition) is 4. The summed E-state index contributed by atoms with van der Waals surface area (Å²) in [5.74, 6) is -1.15. The van der Waals surface area contributed by atoms with E-state index in [0.29, 0.717) is 12.1 Å². The number of nitrogens with one attached hydrogen (secondary N) is 1. The Bertz CT molecular complexity index is 881. The molecule has 0 spiro atoms. The number of halogens is 1. The normalized spacial score (nSPS) is 10.6. The van der Waals surface area contributed by atoms with Crippen molar-refractivity contribution in [2.24, 2.45) is 0 Å². The number of amides is 2. The van der Waals surface area contributed by atoms with Gasteiger partial charge in [-0.3, -0.25) is 19.7 Å². The van der Waals surface area contributed by atoms with E-state index in [9.17, 15) is 24.1 Å². The highest BCUT2D eigenvalue weighted by Crippen LogP contribution is 2.19. The summed E-state index contributed by atoms with van der Waals surface area (Å²) in [4.78, 5) is 36.2. The number of carbonyl (C=O) groups is 2. The van der Waals surface area contributed by atoms with Gasteiger partial charge in [-0.2, -0.15) is 0 Å². The molecule has 2 aromatic rings. The molecule has 2 aromatic carbocycles. The standard InChI is InChI=1S/C20H20FN3O4/c1-2-23(14-19(25)22-13-15-7-10-17(21)11-8-15)20(26)12-9-16-5-3-4-6-18(16)24(27)28/h3-12H,2,13-14H2,1H3,(H,22,25)/b12-9+. The zero-order valence-corrected chi connectivity index (χ0v) is 15.3. The van der Waals surface area contributed by atoms with Gasteiger partial charge in [0.1, 0.15) is 5.82 Å². The van der Waals surface area contributed by atoms with Gasteiger partial charge in [-0.15, -0.1) is 0 Å². The maximum atomic E-state index is 12.9. The van der Waals surface area contributed by atoms with E-state index in [1.54, 1.807) is 31.2 Å². The highest BCUT2D eigenvalue weighted by Gasteiger charge is 2.14. The first kappa shape index (κ1) is 20.8. The van der Waals surface area contributed by atoms with Gasteiger partial charge in [-0.25, -0.2) is 4.39 Å². The summed E-state index contributed by atoms with van der Waals surface area (Å²) >= 11 is 0. The van der Waals surface area contributed by atoms with Crippen LogP contribution in [-0.4, -0.2) is 34.7 Å². The Morgan fingerprint density at radius 1 is 1.18 bits per heavy atom. The second kappa shape index (κ2) is 9.96. The minimum absolute atomic E-state index is 0.105. The van der Waals surface area contributed by atoms with Crippen molar-refractivity contribution in [3.05, 3.63) is 81.7 Å². The summed E-state index contributed by atoms with van der Waals surface area (Å²) < 4.78 is 12.9. The zero-order valence-electron chi connectivity index (χ0n) is 15.3. The van der Waals surface area contributed by atoms with Gasteiger partial charge in [0, 0.05) is 25.2 Å². The molecule has 0 aromatic heterocycles. The Labute approximate surface area is 161 Å². The SMILES string of the molecule is CCN(CC(=O)NCc1ccc(F)cc1)C(=O)/C=C/c1ccccc1[N+](=O)[O-]. The molecule has 28 heavy (non-hydrogen) atoms. The molecule has 0 heterocycles. The lowest BCUT2D eigenvalue weighted by Crippen LogP contribution is -2.39.